The molecule has 3 aromatic rings. The summed E-state index contributed by atoms with van der Waals surface area (Å²) in [6.45, 7) is 3.88. The van der Waals surface area contributed by atoms with E-state index in [1.807, 2.05) is 38.1 Å². The van der Waals surface area contributed by atoms with Crippen LogP contribution in [0.2, 0.25) is 0 Å². The van der Waals surface area contributed by atoms with Crippen LogP contribution in [-0.4, -0.2) is 16.8 Å². The van der Waals surface area contributed by atoms with Gasteiger partial charge in [0.1, 0.15) is 5.69 Å². The summed E-state index contributed by atoms with van der Waals surface area (Å²) < 4.78 is 5.38. The number of hydrazine groups is 1. The van der Waals surface area contributed by atoms with Gasteiger partial charge in [-0.15, -0.1) is 0 Å². The molecule has 1 aromatic carbocycles. The Morgan fingerprint density at radius 2 is 1.92 bits per heavy atom. The van der Waals surface area contributed by atoms with Gasteiger partial charge in [-0.05, 0) is 30.2 Å². The highest BCUT2D eigenvalue weighted by molar-refractivity contribution is 6.07. The van der Waals surface area contributed by atoms with Gasteiger partial charge in [-0.25, -0.2) is 4.98 Å². The van der Waals surface area contributed by atoms with E-state index in [1.165, 1.54) is 0 Å². The molecule has 0 saturated carbocycles. The number of nitrogens with one attached hydrogen (secondary N) is 2. The largest absolute Gasteiger partial charge is 0.463 e. The first kappa shape index (κ1) is 16.7. The minimum Gasteiger partial charge on any atom is -0.463 e. The fourth-order valence-corrected chi connectivity index (χ4v) is 2.53. The van der Waals surface area contributed by atoms with Crippen molar-refractivity contribution in [1.82, 2.24) is 15.8 Å². The first-order chi connectivity index (χ1) is 12.0. The number of para-hydroxylation sites is 1. The summed E-state index contributed by atoms with van der Waals surface area (Å²) in [5.41, 5.74) is 6.57. The van der Waals surface area contributed by atoms with E-state index in [0.717, 1.165) is 0 Å². The summed E-state index contributed by atoms with van der Waals surface area (Å²) in [4.78, 5) is 28.9. The van der Waals surface area contributed by atoms with Gasteiger partial charge in [0.05, 0.1) is 17.3 Å². The number of carbonyl (C=O) groups is 2. The standard InChI is InChI=1S/C19H19N3O3/c1-12(2)10-18(23)21-22-19(24)14-11-16(17-8-5-9-25-17)20-15-7-4-3-6-13(14)15/h3-9,11-12H,10H2,1-2H3,(H,21,23)(H,22,24). The summed E-state index contributed by atoms with van der Waals surface area (Å²) >= 11 is 0. The van der Waals surface area contributed by atoms with E-state index in [0.29, 0.717) is 34.3 Å². The van der Waals surface area contributed by atoms with Gasteiger partial charge in [0.2, 0.25) is 5.91 Å². The SMILES string of the molecule is CC(C)CC(=O)NNC(=O)c1cc(-c2ccco2)nc2ccccc12. The summed E-state index contributed by atoms with van der Waals surface area (Å²) in [6, 6.07) is 12.5. The summed E-state index contributed by atoms with van der Waals surface area (Å²) in [5, 5.41) is 0.702. The fraction of sp³-hybridized carbons (Fsp3) is 0.211. The Morgan fingerprint density at radius 1 is 1.12 bits per heavy atom. The van der Waals surface area contributed by atoms with Gasteiger partial charge in [-0.3, -0.25) is 20.4 Å². The molecular formula is C19H19N3O3. The molecule has 128 valence electrons. The molecular weight excluding hydrogens is 318 g/mol. The summed E-state index contributed by atoms with van der Waals surface area (Å²) in [5.74, 6) is 0.157. The average molecular weight is 337 g/mol. The third-order valence-electron chi connectivity index (χ3n) is 3.64. The smallest absolute Gasteiger partial charge is 0.270 e. The molecule has 3 rings (SSSR count). The molecule has 2 N–H and O–H groups in total. The second-order valence-electron chi connectivity index (χ2n) is 6.15. The average Bonchev–Trinajstić information content (AvgIpc) is 3.12. The number of rotatable bonds is 4. The third-order valence-corrected chi connectivity index (χ3v) is 3.64. The summed E-state index contributed by atoms with van der Waals surface area (Å²) in [6.07, 6.45) is 1.90. The number of nitrogens with zero attached hydrogens (tertiary/aromatic N) is 1. The molecule has 0 aliphatic carbocycles. The van der Waals surface area contributed by atoms with E-state index in [-0.39, 0.29) is 11.8 Å². The van der Waals surface area contributed by atoms with Crippen LogP contribution < -0.4 is 10.9 Å². The van der Waals surface area contributed by atoms with Crippen molar-refractivity contribution in [3.63, 3.8) is 0 Å². The maximum absolute atomic E-state index is 12.6. The Morgan fingerprint density at radius 3 is 2.64 bits per heavy atom. The second-order valence-corrected chi connectivity index (χ2v) is 6.15. The van der Waals surface area contributed by atoms with E-state index in [4.69, 9.17) is 4.42 Å². The quantitative estimate of drug-likeness (QED) is 0.716. The minimum absolute atomic E-state index is 0.212. The van der Waals surface area contributed by atoms with Crippen molar-refractivity contribution in [2.24, 2.45) is 5.92 Å². The fourth-order valence-electron chi connectivity index (χ4n) is 2.53. The van der Waals surface area contributed by atoms with E-state index in [2.05, 4.69) is 15.8 Å². The van der Waals surface area contributed by atoms with Crippen LogP contribution in [0, 0.1) is 5.92 Å². The number of benzene rings is 1. The van der Waals surface area contributed by atoms with Gasteiger partial charge >= 0.3 is 0 Å². The molecule has 6 heteroatoms. The number of amides is 2. The van der Waals surface area contributed by atoms with Crippen LogP contribution in [0.15, 0.2) is 53.1 Å². The lowest BCUT2D eigenvalue weighted by Gasteiger charge is -2.11. The van der Waals surface area contributed by atoms with Crippen LogP contribution in [0.1, 0.15) is 30.6 Å². The van der Waals surface area contributed by atoms with Crippen LogP contribution in [-0.2, 0) is 4.79 Å². The molecule has 2 heterocycles. The molecule has 6 nitrogen and oxygen atoms in total. The van der Waals surface area contributed by atoms with E-state index >= 15 is 0 Å². The Balaban J connectivity index is 1.91. The molecule has 0 atom stereocenters. The van der Waals surface area contributed by atoms with Crippen molar-refractivity contribution in [3.8, 4) is 11.5 Å². The number of hydrogen-bond acceptors (Lipinski definition) is 4. The number of pyridine rings is 1. The van der Waals surface area contributed by atoms with E-state index in [9.17, 15) is 9.59 Å². The van der Waals surface area contributed by atoms with Gasteiger partial charge in [0, 0.05) is 11.8 Å². The highest BCUT2D eigenvalue weighted by Gasteiger charge is 2.15. The minimum atomic E-state index is -0.400. The zero-order chi connectivity index (χ0) is 17.8. The number of furan rings is 1. The van der Waals surface area contributed by atoms with Crippen molar-refractivity contribution in [2.75, 3.05) is 0 Å². The molecule has 2 aromatic heterocycles. The van der Waals surface area contributed by atoms with Crippen molar-refractivity contribution in [2.45, 2.75) is 20.3 Å². The number of carbonyl (C=O) groups excluding carboxylic acids is 2. The zero-order valence-electron chi connectivity index (χ0n) is 14.1. The zero-order valence-corrected chi connectivity index (χ0v) is 14.1. The van der Waals surface area contributed by atoms with Gasteiger partial charge in [0.15, 0.2) is 5.76 Å². The van der Waals surface area contributed by atoms with Crippen LogP contribution in [0.25, 0.3) is 22.4 Å². The van der Waals surface area contributed by atoms with Crippen molar-refractivity contribution >= 4 is 22.7 Å². The molecule has 25 heavy (non-hydrogen) atoms. The molecule has 2 amide bonds. The predicted octanol–water partition coefficient (Wildman–Crippen LogP) is 3.30. The Kier molecular flexibility index (Phi) is 4.79. The lowest BCUT2D eigenvalue weighted by molar-refractivity contribution is -0.122. The highest BCUT2D eigenvalue weighted by atomic mass is 16.3. The number of hydrogen-bond donors (Lipinski definition) is 2. The van der Waals surface area contributed by atoms with Gasteiger partial charge in [0.25, 0.3) is 5.91 Å². The van der Waals surface area contributed by atoms with Gasteiger partial charge in [-0.2, -0.15) is 0 Å². The lowest BCUT2D eigenvalue weighted by atomic mass is 10.1. The van der Waals surface area contributed by atoms with Crippen molar-refractivity contribution in [1.29, 1.82) is 0 Å². The highest BCUT2D eigenvalue weighted by Crippen LogP contribution is 2.25. The van der Waals surface area contributed by atoms with Gasteiger partial charge < -0.3 is 4.42 Å². The van der Waals surface area contributed by atoms with Crippen LogP contribution in [0.4, 0.5) is 0 Å². The molecule has 0 fully saturated rings. The second kappa shape index (κ2) is 7.17. The first-order valence-electron chi connectivity index (χ1n) is 8.07. The normalized spacial score (nSPS) is 10.8. The number of fused-ring (bicyclic) bond motifs is 1. The third kappa shape index (κ3) is 3.85. The predicted molar refractivity (Wildman–Crippen MR) is 94.5 cm³/mol. The van der Waals surface area contributed by atoms with Crippen molar-refractivity contribution < 1.29 is 14.0 Å². The maximum Gasteiger partial charge on any atom is 0.270 e. The van der Waals surface area contributed by atoms with Crippen molar-refractivity contribution in [3.05, 3.63) is 54.3 Å². The van der Waals surface area contributed by atoms with Crippen LogP contribution in [0.5, 0.6) is 0 Å². The Labute approximate surface area is 145 Å². The van der Waals surface area contributed by atoms with E-state index in [1.54, 1.807) is 24.5 Å². The molecule has 0 aliphatic rings. The molecule has 0 unspecified atom stereocenters. The monoisotopic (exact) mass is 337 g/mol. The maximum atomic E-state index is 12.6. The number of aromatic nitrogens is 1. The van der Waals surface area contributed by atoms with Gasteiger partial charge in [-0.1, -0.05) is 32.0 Å². The molecule has 0 aliphatic heterocycles. The van der Waals surface area contributed by atoms with Crippen LogP contribution >= 0.6 is 0 Å². The first-order valence-corrected chi connectivity index (χ1v) is 8.07. The van der Waals surface area contributed by atoms with E-state index < -0.39 is 5.91 Å². The molecule has 0 saturated heterocycles. The lowest BCUT2D eigenvalue weighted by Crippen LogP contribution is -2.42. The Bertz CT molecular complexity index is 901. The van der Waals surface area contributed by atoms with Crippen LogP contribution in [0.3, 0.4) is 0 Å². The molecule has 0 spiro atoms. The Hall–Kier alpha value is -3.15. The summed E-state index contributed by atoms with van der Waals surface area (Å²) in [7, 11) is 0. The molecule has 0 radical (unpaired) electrons. The molecule has 0 bridgehead atoms. The topological polar surface area (TPSA) is 84.2 Å².